The highest BCUT2D eigenvalue weighted by atomic mass is 16.5. The van der Waals surface area contributed by atoms with Gasteiger partial charge in [0.2, 0.25) is 5.91 Å². The Morgan fingerprint density at radius 3 is 2.29 bits per heavy atom. The average Bonchev–Trinajstić information content (AvgIpc) is 3.45. The molecule has 0 unspecified atom stereocenters. The number of carbonyl (C=O) groups excluding carboxylic acids is 1. The number of amides is 1. The van der Waals surface area contributed by atoms with E-state index in [0.717, 1.165) is 24.1 Å². The molecule has 4 nitrogen and oxygen atoms in total. The van der Waals surface area contributed by atoms with Crippen LogP contribution in [-0.2, 0) is 11.3 Å². The molecular formula is C20H23NO3. The van der Waals surface area contributed by atoms with E-state index >= 15 is 0 Å². The van der Waals surface area contributed by atoms with E-state index in [9.17, 15) is 4.79 Å². The maximum Gasteiger partial charge on any atom is 0.230 e. The summed E-state index contributed by atoms with van der Waals surface area (Å²) in [5.74, 6) is 1.74. The second-order valence-electron chi connectivity index (χ2n) is 6.22. The van der Waals surface area contributed by atoms with Gasteiger partial charge in [0.05, 0.1) is 20.8 Å². The van der Waals surface area contributed by atoms with Crippen molar-refractivity contribution in [2.75, 3.05) is 19.1 Å². The van der Waals surface area contributed by atoms with E-state index in [1.807, 2.05) is 54.3 Å². The molecule has 126 valence electrons. The third-order valence-electron chi connectivity index (χ3n) is 4.33. The molecule has 1 amide bonds. The minimum atomic E-state index is 0.173. The van der Waals surface area contributed by atoms with E-state index < -0.39 is 0 Å². The van der Waals surface area contributed by atoms with Gasteiger partial charge in [0.1, 0.15) is 0 Å². The first kappa shape index (κ1) is 16.4. The van der Waals surface area contributed by atoms with Crippen molar-refractivity contribution in [3.05, 3.63) is 53.6 Å². The lowest BCUT2D eigenvalue weighted by Gasteiger charge is -2.24. The van der Waals surface area contributed by atoms with Crippen molar-refractivity contribution in [1.82, 2.24) is 0 Å². The molecule has 2 aromatic rings. The van der Waals surface area contributed by atoms with Crippen molar-refractivity contribution in [3.8, 4) is 11.5 Å². The zero-order chi connectivity index (χ0) is 17.1. The summed E-state index contributed by atoms with van der Waals surface area (Å²) in [6.45, 7) is 2.57. The summed E-state index contributed by atoms with van der Waals surface area (Å²) in [4.78, 5) is 14.6. The lowest BCUT2D eigenvalue weighted by atomic mass is 10.1. The SMILES string of the molecule is COc1ccc(CN(C(=O)C2CC2)c2ccc(C)cc2)cc1OC. The van der Waals surface area contributed by atoms with E-state index in [1.54, 1.807) is 14.2 Å². The summed E-state index contributed by atoms with van der Waals surface area (Å²) in [7, 11) is 3.24. The van der Waals surface area contributed by atoms with Crippen molar-refractivity contribution in [3.63, 3.8) is 0 Å². The van der Waals surface area contributed by atoms with Gasteiger partial charge in [-0.05, 0) is 49.6 Å². The van der Waals surface area contributed by atoms with Gasteiger partial charge in [0.25, 0.3) is 0 Å². The first-order valence-electron chi connectivity index (χ1n) is 8.21. The van der Waals surface area contributed by atoms with Crippen LogP contribution in [0, 0.1) is 12.8 Å². The summed E-state index contributed by atoms with van der Waals surface area (Å²) in [5, 5.41) is 0. The van der Waals surface area contributed by atoms with Crippen LogP contribution in [0.15, 0.2) is 42.5 Å². The number of benzene rings is 2. The van der Waals surface area contributed by atoms with Gasteiger partial charge in [-0.25, -0.2) is 0 Å². The fourth-order valence-electron chi connectivity index (χ4n) is 2.73. The summed E-state index contributed by atoms with van der Waals surface area (Å²) in [5.41, 5.74) is 3.14. The van der Waals surface area contributed by atoms with Crippen LogP contribution < -0.4 is 14.4 Å². The van der Waals surface area contributed by atoms with Crippen LogP contribution >= 0.6 is 0 Å². The lowest BCUT2D eigenvalue weighted by Crippen LogP contribution is -2.31. The zero-order valence-electron chi connectivity index (χ0n) is 14.4. The number of nitrogens with zero attached hydrogens (tertiary/aromatic N) is 1. The van der Waals surface area contributed by atoms with E-state index in [1.165, 1.54) is 5.56 Å². The molecule has 1 aliphatic carbocycles. The van der Waals surface area contributed by atoms with Gasteiger partial charge in [0.15, 0.2) is 11.5 Å². The van der Waals surface area contributed by atoms with Gasteiger partial charge in [-0.1, -0.05) is 23.8 Å². The quantitative estimate of drug-likeness (QED) is 0.807. The Hall–Kier alpha value is -2.49. The molecule has 0 aliphatic heterocycles. The van der Waals surface area contributed by atoms with E-state index in [-0.39, 0.29) is 11.8 Å². The Morgan fingerprint density at radius 1 is 1.04 bits per heavy atom. The number of ether oxygens (including phenoxy) is 2. The summed E-state index contributed by atoms with van der Waals surface area (Å²) in [6.07, 6.45) is 1.99. The van der Waals surface area contributed by atoms with Crippen LogP contribution in [0.25, 0.3) is 0 Å². The van der Waals surface area contributed by atoms with Crippen LogP contribution in [0.5, 0.6) is 11.5 Å². The van der Waals surface area contributed by atoms with Gasteiger partial charge in [-0.2, -0.15) is 0 Å². The van der Waals surface area contributed by atoms with Crippen molar-refractivity contribution < 1.29 is 14.3 Å². The maximum absolute atomic E-state index is 12.7. The largest absolute Gasteiger partial charge is 0.493 e. The molecule has 24 heavy (non-hydrogen) atoms. The van der Waals surface area contributed by atoms with Crippen LogP contribution in [0.3, 0.4) is 0 Å². The summed E-state index contributed by atoms with van der Waals surface area (Å²) in [6, 6.07) is 13.9. The number of carbonyl (C=O) groups is 1. The van der Waals surface area contributed by atoms with Gasteiger partial charge in [-0.3, -0.25) is 4.79 Å². The van der Waals surface area contributed by atoms with Crippen molar-refractivity contribution in [2.45, 2.75) is 26.3 Å². The lowest BCUT2D eigenvalue weighted by molar-refractivity contribution is -0.119. The molecule has 2 aromatic carbocycles. The topological polar surface area (TPSA) is 38.8 Å². The molecule has 0 atom stereocenters. The molecule has 0 bridgehead atoms. The van der Waals surface area contributed by atoms with Crippen molar-refractivity contribution >= 4 is 11.6 Å². The molecule has 0 spiro atoms. The first-order chi connectivity index (χ1) is 11.6. The molecule has 1 saturated carbocycles. The third-order valence-corrected chi connectivity index (χ3v) is 4.33. The number of aryl methyl sites for hydroxylation is 1. The molecular weight excluding hydrogens is 302 g/mol. The first-order valence-corrected chi connectivity index (χ1v) is 8.21. The second-order valence-corrected chi connectivity index (χ2v) is 6.22. The molecule has 3 rings (SSSR count). The Labute approximate surface area is 143 Å². The van der Waals surface area contributed by atoms with E-state index in [2.05, 4.69) is 0 Å². The number of hydrogen-bond acceptors (Lipinski definition) is 3. The highest BCUT2D eigenvalue weighted by Crippen LogP contribution is 2.34. The molecule has 1 aliphatic rings. The Kier molecular flexibility index (Phi) is 4.74. The van der Waals surface area contributed by atoms with Crippen LogP contribution in [0.1, 0.15) is 24.0 Å². The highest BCUT2D eigenvalue weighted by molar-refractivity contribution is 5.96. The minimum Gasteiger partial charge on any atom is -0.493 e. The third kappa shape index (κ3) is 3.53. The average molecular weight is 325 g/mol. The molecule has 4 heteroatoms. The number of methoxy groups -OCH3 is 2. The molecule has 0 aromatic heterocycles. The van der Waals surface area contributed by atoms with E-state index in [4.69, 9.17) is 9.47 Å². The predicted octanol–water partition coefficient (Wildman–Crippen LogP) is 3.96. The van der Waals surface area contributed by atoms with Crippen LogP contribution in [0.4, 0.5) is 5.69 Å². The predicted molar refractivity (Wildman–Crippen MR) is 94.6 cm³/mol. The minimum absolute atomic E-state index is 0.173. The number of rotatable bonds is 6. The van der Waals surface area contributed by atoms with Gasteiger partial charge < -0.3 is 14.4 Å². The van der Waals surface area contributed by atoms with Crippen molar-refractivity contribution in [1.29, 1.82) is 0 Å². The fourth-order valence-corrected chi connectivity index (χ4v) is 2.73. The maximum atomic E-state index is 12.7. The molecule has 1 fully saturated rings. The van der Waals surface area contributed by atoms with Crippen LogP contribution in [-0.4, -0.2) is 20.1 Å². The molecule has 0 N–H and O–H groups in total. The monoisotopic (exact) mass is 325 g/mol. The summed E-state index contributed by atoms with van der Waals surface area (Å²) < 4.78 is 10.7. The zero-order valence-corrected chi connectivity index (χ0v) is 14.4. The molecule has 0 radical (unpaired) electrons. The van der Waals surface area contributed by atoms with Gasteiger partial charge in [-0.15, -0.1) is 0 Å². The Balaban J connectivity index is 1.89. The van der Waals surface area contributed by atoms with E-state index in [0.29, 0.717) is 18.0 Å². The molecule has 0 saturated heterocycles. The fraction of sp³-hybridized carbons (Fsp3) is 0.350. The van der Waals surface area contributed by atoms with Crippen molar-refractivity contribution in [2.24, 2.45) is 5.92 Å². The summed E-state index contributed by atoms with van der Waals surface area (Å²) >= 11 is 0. The van der Waals surface area contributed by atoms with Gasteiger partial charge in [0, 0.05) is 11.6 Å². The standard InChI is InChI=1S/C20H23NO3/c1-14-4-9-17(10-5-14)21(20(22)16-7-8-16)13-15-6-11-18(23-2)19(12-15)24-3/h4-6,9-12,16H,7-8,13H2,1-3H3. The number of hydrogen-bond donors (Lipinski definition) is 0. The number of anilines is 1. The normalized spacial score (nSPS) is 13.5. The second kappa shape index (κ2) is 6.95. The van der Waals surface area contributed by atoms with Gasteiger partial charge >= 0.3 is 0 Å². The Bertz CT molecular complexity index is 720. The Morgan fingerprint density at radius 2 is 1.71 bits per heavy atom. The van der Waals surface area contributed by atoms with Crippen LogP contribution in [0.2, 0.25) is 0 Å². The highest BCUT2D eigenvalue weighted by Gasteiger charge is 2.34. The smallest absolute Gasteiger partial charge is 0.230 e. The molecule has 0 heterocycles.